The highest BCUT2D eigenvalue weighted by Gasteiger charge is 2.40. The number of halogens is 3. The molecule has 4 rings (SSSR count). The maximum absolute atomic E-state index is 12.9. The Hall–Kier alpha value is -3.47. The van der Waals surface area contributed by atoms with Crippen LogP contribution in [0.2, 0.25) is 0 Å². The number of amides is 1. The van der Waals surface area contributed by atoms with Gasteiger partial charge in [-0.1, -0.05) is 17.3 Å². The van der Waals surface area contributed by atoms with Gasteiger partial charge in [0.15, 0.2) is 0 Å². The quantitative estimate of drug-likeness (QED) is 0.515. The Kier molecular flexibility index (Phi) is 6.79. The fourth-order valence-electron chi connectivity index (χ4n) is 3.73. The summed E-state index contributed by atoms with van der Waals surface area (Å²) in [5.74, 6) is 0. The van der Waals surface area contributed by atoms with Crippen LogP contribution in [0.1, 0.15) is 37.9 Å². The molecule has 186 valence electrons. The summed E-state index contributed by atoms with van der Waals surface area (Å²) >= 11 is 0. The predicted molar refractivity (Wildman–Crippen MR) is 120 cm³/mol. The third-order valence-electron chi connectivity index (χ3n) is 5.44. The van der Waals surface area contributed by atoms with E-state index in [4.69, 9.17) is 9.47 Å². The van der Waals surface area contributed by atoms with Crippen LogP contribution in [0.15, 0.2) is 55.0 Å². The minimum absolute atomic E-state index is 0.0750. The highest BCUT2D eigenvalue weighted by Crippen LogP contribution is 2.30. The average molecular weight is 489 g/mol. The Morgan fingerprint density at radius 1 is 1.11 bits per heavy atom. The van der Waals surface area contributed by atoms with Gasteiger partial charge in [0.2, 0.25) is 0 Å². The minimum atomic E-state index is -4.40. The second kappa shape index (κ2) is 9.65. The summed E-state index contributed by atoms with van der Waals surface area (Å²) in [7, 11) is 0. The second-order valence-electron chi connectivity index (χ2n) is 9.32. The monoisotopic (exact) mass is 489 g/mol. The van der Waals surface area contributed by atoms with Crippen LogP contribution in [0.3, 0.4) is 0 Å². The largest absolute Gasteiger partial charge is 0.444 e. The SMILES string of the molecule is CC(C)(C)OC(=O)N1C[C@@H](n2cc(-c3cccnc3)nn2)[C@H](OCc2ccc(C(F)(F)F)cc2)C1. The van der Waals surface area contributed by atoms with Crippen LogP contribution in [0.25, 0.3) is 11.3 Å². The van der Waals surface area contributed by atoms with Gasteiger partial charge in [-0.25, -0.2) is 9.48 Å². The van der Waals surface area contributed by atoms with Crippen LogP contribution in [0.4, 0.5) is 18.0 Å². The molecular weight excluding hydrogens is 463 g/mol. The van der Waals surface area contributed by atoms with Gasteiger partial charge in [-0.15, -0.1) is 5.10 Å². The number of rotatable bonds is 5. The van der Waals surface area contributed by atoms with Gasteiger partial charge in [-0.3, -0.25) is 4.98 Å². The zero-order valence-electron chi connectivity index (χ0n) is 19.6. The van der Waals surface area contributed by atoms with E-state index in [-0.39, 0.29) is 25.7 Å². The standard InChI is InChI=1S/C24H26F3N5O3/c1-23(2,3)35-22(33)31-13-20(32-12-19(29-30-32)17-5-4-10-28-11-17)21(14-31)34-15-16-6-8-18(9-7-16)24(25,26)27/h4-12,20-21H,13-15H2,1-3H3/t20-,21-/m1/s1. The Morgan fingerprint density at radius 2 is 1.86 bits per heavy atom. The van der Waals surface area contributed by atoms with E-state index in [9.17, 15) is 18.0 Å². The molecule has 1 fully saturated rings. The highest BCUT2D eigenvalue weighted by atomic mass is 19.4. The molecule has 0 aliphatic carbocycles. The molecule has 8 nitrogen and oxygen atoms in total. The highest BCUT2D eigenvalue weighted by molar-refractivity contribution is 5.68. The van der Waals surface area contributed by atoms with Crippen molar-refractivity contribution in [3.63, 3.8) is 0 Å². The maximum atomic E-state index is 12.9. The van der Waals surface area contributed by atoms with Crippen LogP contribution in [0.5, 0.6) is 0 Å². The van der Waals surface area contributed by atoms with E-state index in [0.717, 1.165) is 17.7 Å². The lowest BCUT2D eigenvalue weighted by molar-refractivity contribution is -0.137. The number of ether oxygens (including phenoxy) is 2. The fraction of sp³-hybridized carbons (Fsp3) is 0.417. The van der Waals surface area contributed by atoms with Crippen LogP contribution < -0.4 is 0 Å². The third kappa shape index (κ3) is 6.16. The zero-order chi connectivity index (χ0) is 25.2. The molecule has 1 aliphatic rings. The first-order chi connectivity index (χ1) is 16.5. The molecule has 11 heteroatoms. The minimum Gasteiger partial charge on any atom is -0.444 e. The van der Waals surface area contributed by atoms with Crippen molar-refractivity contribution in [1.82, 2.24) is 24.9 Å². The lowest BCUT2D eigenvalue weighted by atomic mass is 10.1. The van der Waals surface area contributed by atoms with E-state index in [1.165, 1.54) is 12.1 Å². The van der Waals surface area contributed by atoms with Gasteiger partial charge in [0.25, 0.3) is 0 Å². The Morgan fingerprint density at radius 3 is 2.49 bits per heavy atom. The molecule has 1 aliphatic heterocycles. The lowest BCUT2D eigenvalue weighted by Crippen LogP contribution is -2.36. The van der Waals surface area contributed by atoms with Gasteiger partial charge in [-0.2, -0.15) is 13.2 Å². The number of carbonyl (C=O) groups excluding carboxylic acids is 1. The van der Waals surface area contributed by atoms with E-state index in [0.29, 0.717) is 11.3 Å². The van der Waals surface area contributed by atoms with Gasteiger partial charge in [0, 0.05) is 24.5 Å². The number of pyridine rings is 1. The molecule has 1 aromatic carbocycles. The molecule has 2 atom stereocenters. The van der Waals surface area contributed by atoms with Crippen molar-refractivity contribution in [2.24, 2.45) is 0 Å². The summed E-state index contributed by atoms with van der Waals surface area (Å²) in [4.78, 5) is 18.3. The summed E-state index contributed by atoms with van der Waals surface area (Å²) in [6, 6.07) is 8.11. The molecule has 0 saturated carbocycles. The van der Waals surface area contributed by atoms with E-state index in [1.807, 2.05) is 6.07 Å². The van der Waals surface area contributed by atoms with Crippen molar-refractivity contribution >= 4 is 6.09 Å². The third-order valence-corrected chi connectivity index (χ3v) is 5.44. The van der Waals surface area contributed by atoms with Gasteiger partial charge in [0.05, 0.1) is 37.1 Å². The zero-order valence-corrected chi connectivity index (χ0v) is 19.6. The van der Waals surface area contributed by atoms with Crippen LogP contribution >= 0.6 is 0 Å². The topological polar surface area (TPSA) is 82.4 Å². The summed E-state index contributed by atoms with van der Waals surface area (Å²) in [5.41, 5.74) is 0.619. The van der Waals surface area contributed by atoms with Crippen molar-refractivity contribution in [3.8, 4) is 11.3 Å². The Balaban J connectivity index is 1.51. The predicted octanol–water partition coefficient (Wildman–Crippen LogP) is 4.74. The smallest absolute Gasteiger partial charge is 0.416 e. The van der Waals surface area contributed by atoms with E-state index < -0.39 is 29.5 Å². The first kappa shape index (κ1) is 24.6. The molecule has 2 aromatic heterocycles. The summed E-state index contributed by atoms with van der Waals surface area (Å²) < 4.78 is 51.8. The summed E-state index contributed by atoms with van der Waals surface area (Å²) in [6.07, 6.45) is -0.259. The van der Waals surface area contributed by atoms with Gasteiger partial charge < -0.3 is 14.4 Å². The first-order valence-electron chi connectivity index (χ1n) is 11.1. The molecule has 0 radical (unpaired) electrons. The Bertz CT molecular complexity index is 1140. The van der Waals surface area contributed by atoms with Crippen molar-refractivity contribution in [1.29, 1.82) is 0 Å². The van der Waals surface area contributed by atoms with Crippen LogP contribution in [0, 0.1) is 0 Å². The van der Waals surface area contributed by atoms with Crippen molar-refractivity contribution < 1.29 is 27.4 Å². The van der Waals surface area contributed by atoms with Gasteiger partial charge in [-0.05, 0) is 50.6 Å². The molecular formula is C24H26F3N5O3. The molecule has 3 aromatic rings. The van der Waals surface area contributed by atoms with Crippen LogP contribution in [-0.4, -0.2) is 55.8 Å². The summed E-state index contributed by atoms with van der Waals surface area (Å²) in [6.45, 7) is 5.95. The lowest BCUT2D eigenvalue weighted by Gasteiger charge is -2.24. The maximum Gasteiger partial charge on any atom is 0.416 e. The molecule has 0 unspecified atom stereocenters. The van der Waals surface area contributed by atoms with Crippen LogP contribution in [-0.2, 0) is 22.3 Å². The normalized spacial score (nSPS) is 18.6. The molecule has 1 amide bonds. The molecule has 0 bridgehead atoms. The Labute approximate surface area is 200 Å². The number of carbonyl (C=O) groups is 1. The van der Waals surface area contributed by atoms with E-state index in [2.05, 4.69) is 15.3 Å². The molecule has 1 saturated heterocycles. The van der Waals surface area contributed by atoms with Gasteiger partial charge >= 0.3 is 12.3 Å². The van der Waals surface area contributed by atoms with Crippen molar-refractivity contribution in [2.75, 3.05) is 13.1 Å². The number of hydrogen-bond acceptors (Lipinski definition) is 6. The molecule has 0 spiro atoms. The number of nitrogens with zero attached hydrogens (tertiary/aromatic N) is 5. The number of likely N-dealkylation sites (tertiary alicyclic amines) is 1. The van der Waals surface area contributed by atoms with E-state index in [1.54, 1.807) is 55.0 Å². The summed E-state index contributed by atoms with van der Waals surface area (Å²) in [5, 5.41) is 8.46. The molecule has 3 heterocycles. The van der Waals surface area contributed by atoms with Crippen molar-refractivity contribution in [2.45, 2.75) is 51.3 Å². The first-order valence-corrected chi connectivity index (χ1v) is 11.1. The van der Waals surface area contributed by atoms with Crippen molar-refractivity contribution in [3.05, 3.63) is 66.1 Å². The average Bonchev–Trinajstić information content (AvgIpc) is 3.44. The molecule has 35 heavy (non-hydrogen) atoms. The van der Waals surface area contributed by atoms with Gasteiger partial charge in [0.1, 0.15) is 11.3 Å². The fourth-order valence-corrected chi connectivity index (χ4v) is 3.73. The number of aromatic nitrogens is 4. The second-order valence-corrected chi connectivity index (χ2v) is 9.32. The number of alkyl halides is 3. The number of benzene rings is 1. The number of hydrogen-bond donors (Lipinski definition) is 0. The molecule has 0 N–H and O–H groups in total. The van der Waals surface area contributed by atoms with E-state index >= 15 is 0 Å².